The van der Waals surface area contributed by atoms with Crippen LogP contribution in [0.5, 0.6) is 0 Å². The molecule has 1 aromatic carbocycles. The van der Waals surface area contributed by atoms with Crippen LogP contribution in [0.25, 0.3) is 17.4 Å². The molecular formula is C16H12ClN3O5. The third-order valence-corrected chi connectivity index (χ3v) is 3.95. The highest BCUT2D eigenvalue weighted by Gasteiger charge is 2.32. The van der Waals surface area contributed by atoms with Crippen molar-refractivity contribution in [2.45, 2.75) is 6.92 Å². The maximum Gasteiger partial charge on any atom is 0.328 e. The summed E-state index contributed by atoms with van der Waals surface area (Å²) < 4.78 is 5.59. The molecule has 1 aliphatic heterocycles. The van der Waals surface area contributed by atoms with Gasteiger partial charge in [-0.3, -0.25) is 19.8 Å². The molecule has 0 spiro atoms. The third kappa shape index (κ3) is 3.11. The Hall–Kier alpha value is -3.13. The molecule has 3 rings (SSSR count). The van der Waals surface area contributed by atoms with Crippen molar-refractivity contribution in [2.75, 3.05) is 6.54 Å². The highest BCUT2D eigenvalue weighted by atomic mass is 35.5. The molecule has 1 saturated heterocycles. The minimum atomic E-state index is -0.530. The SMILES string of the molecule is CCN1C(=O)N/C(=C/c2ccc(-c3cc([N+](=O)[O-])ccc3Cl)o2)C1=O. The standard InChI is InChI=1S/C16H12ClN3O5/c1-2-19-15(21)13(18-16(19)22)8-10-4-6-14(25-10)11-7-9(20(23)24)3-5-12(11)17/h3-8H,2H2,1H3,(H,18,22)/b13-8+. The number of amides is 3. The van der Waals surface area contributed by atoms with Crippen LogP contribution >= 0.6 is 11.6 Å². The Balaban J connectivity index is 1.93. The number of nitro groups is 1. The number of rotatable bonds is 4. The van der Waals surface area contributed by atoms with Gasteiger partial charge in [0.05, 0.1) is 9.95 Å². The van der Waals surface area contributed by atoms with Crippen LogP contribution in [0.2, 0.25) is 5.02 Å². The fourth-order valence-corrected chi connectivity index (χ4v) is 2.60. The summed E-state index contributed by atoms with van der Waals surface area (Å²) in [4.78, 5) is 35.1. The summed E-state index contributed by atoms with van der Waals surface area (Å²) in [5, 5.41) is 13.7. The van der Waals surface area contributed by atoms with Crippen LogP contribution in [0.1, 0.15) is 12.7 Å². The van der Waals surface area contributed by atoms with Crippen LogP contribution in [-0.4, -0.2) is 28.3 Å². The molecular weight excluding hydrogens is 350 g/mol. The maximum absolute atomic E-state index is 12.0. The van der Waals surface area contributed by atoms with E-state index < -0.39 is 16.9 Å². The van der Waals surface area contributed by atoms with Gasteiger partial charge in [0.2, 0.25) is 0 Å². The minimum Gasteiger partial charge on any atom is -0.457 e. The van der Waals surface area contributed by atoms with Crippen molar-refractivity contribution in [3.63, 3.8) is 0 Å². The summed E-state index contributed by atoms with van der Waals surface area (Å²) in [6.07, 6.45) is 1.39. The van der Waals surface area contributed by atoms with Gasteiger partial charge < -0.3 is 9.73 Å². The topological polar surface area (TPSA) is 106 Å². The first-order valence-electron chi connectivity index (χ1n) is 7.29. The molecule has 0 atom stereocenters. The Kier molecular flexibility index (Phi) is 4.28. The van der Waals surface area contributed by atoms with E-state index in [1.807, 2.05) is 0 Å². The van der Waals surface area contributed by atoms with Crippen molar-refractivity contribution in [1.29, 1.82) is 0 Å². The minimum absolute atomic E-state index is 0.0953. The molecule has 1 aromatic heterocycles. The summed E-state index contributed by atoms with van der Waals surface area (Å²) in [5.41, 5.74) is 0.336. The smallest absolute Gasteiger partial charge is 0.328 e. The molecule has 1 aliphatic rings. The van der Waals surface area contributed by atoms with Crippen molar-refractivity contribution in [1.82, 2.24) is 10.2 Å². The van der Waals surface area contributed by atoms with Gasteiger partial charge in [0.1, 0.15) is 17.2 Å². The lowest BCUT2D eigenvalue weighted by molar-refractivity contribution is -0.384. The predicted octanol–water partition coefficient (Wildman–Crippen LogP) is 3.42. The van der Waals surface area contributed by atoms with Gasteiger partial charge in [0.25, 0.3) is 11.6 Å². The molecule has 9 heteroatoms. The van der Waals surface area contributed by atoms with Crippen LogP contribution in [0, 0.1) is 10.1 Å². The quantitative estimate of drug-likeness (QED) is 0.388. The van der Waals surface area contributed by atoms with E-state index in [1.165, 1.54) is 24.3 Å². The van der Waals surface area contributed by atoms with Crippen molar-refractivity contribution in [3.05, 3.63) is 56.9 Å². The van der Waals surface area contributed by atoms with E-state index >= 15 is 0 Å². The van der Waals surface area contributed by atoms with Gasteiger partial charge in [-0.2, -0.15) is 0 Å². The zero-order valence-corrected chi connectivity index (χ0v) is 13.7. The van der Waals surface area contributed by atoms with Crippen molar-refractivity contribution in [2.24, 2.45) is 0 Å². The molecule has 1 N–H and O–H groups in total. The van der Waals surface area contributed by atoms with Crippen molar-refractivity contribution >= 4 is 35.3 Å². The first kappa shape index (κ1) is 16.7. The van der Waals surface area contributed by atoms with Crippen LogP contribution in [-0.2, 0) is 4.79 Å². The second-order valence-corrected chi connectivity index (χ2v) is 5.57. The Labute approximate surface area is 146 Å². The molecule has 2 heterocycles. The van der Waals surface area contributed by atoms with Crippen molar-refractivity contribution < 1.29 is 18.9 Å². The van der Waals surface area contributed by atoms with Crippen LogP contribution in [0.3, 0.4) is 0 Å². The van der Waals surface area contributed by atoms with E-state index in [9.17, 15) is 19.7 Å². The number of hydrogen-bond acceptors (Lipinski definition) is 5. The number of likely N-dealkylation sites (N-methyl/N-ethyl adjacent to an activating group) is 1. The molecule has 0 saturated carbocycles. The highest BCUT2D eigenvalue weighted by Crippen LogP contribution is 2.33. The van der Waals surface area contributed by atoms with Gasteiger partial charge in [0.15, 0.2) is 0 Å². The van der Waals surface area contributed by atoms with Crippen LogP contribution < -0.4 is 5.32 Å². The van der Waals surface area contributed by atoms with E-state index in [0.717, 1.165) is 4.90 Å². The number of carbonyl (C=O) groups excluding carboxylic acids is 2. The monoisotopic (exact) mass is 361 g/mol. The predicted molar refractivity (Wildman–Crippen MR) is 89.7 cm³/mol. The molecule has 8 nitrogen and oxygen atoms in total. The molecule has 0 unspecified atom stereocenters. The molecule has 25 heavy (non-hydrogen) atoms. The molecule has 0 aliphatic carbocycles. The molecule has 0 radical (unpaired) electrons. The number of non-ortho nitro benzene ring substituents is 1. The third-order valence-electron chi connectivity index (χ3n) is 3.62. The number of benzene rings is 1. The summed E-state index contributed by atoms with van der Waals surface area (Å²) in [7, 11) is 0. The van der Waals surface area contributed by atoms with Crippen LogP contribution in [0.4, 0.5) is 10.5 Å². The van der Waals surface area contributed by atoms with E-state index in [2.05, 4.69) is 5.32 Å². The normalized spacial score (nSPS) is 15.8. The molecule has 128 valence electrons. The van der Waals surface area contributed by atoms with E-state index in [1.54, 1.807) is 19.1 Å². The Bertz CT molecular complexity index is 918. The van der Waals surface area contributed by atoms with Gasteiger partial charge in [-0.15, -0.1) is 0 Å². The Morgan fingerprint density at radius 1 is 1.32 bits per heavy atom. The first-order chi connectivity index (χ1) is 11.9. The zero-order valence-electron chi connectivity index (χ0n) is 13.0. The Morgan fingerprint density at radius 2 is 2.08 bits per heavy atom. The largest absolute Gasteiger partial charge is 0.457 e. The van der Waals surface area contributed by atoms with Gasteiger partial charge in [-0.05, 0) is 25.1 Å². The van der Waals surface area contributed by atoms with Gasteiger partial charge in [0, 0.05) is 30.3 Å². The molecule has 0 bridgehead atoms. The fourth-order valence-electron chi connectivity index (χ4n) is 2.39. The molecule has 1 fully saturated rings. The number of carbonyl (C=O) groups is 2. The number of urea groups is 1. The lowest BCUT2D eigenvalue weighted by Gasteiger charge is -2.05. The summed E-state index contributed by atoms with van der Waals surface area (Å²) in [6, 6.07) is 6.67. The average Bonchev–Trinajstić information content (AvgIpc) is 3.13. The highest BCUT2D eigenvalue weighted by molar-refractivity contribution is 6.33. The average molecular weight is 362 g/mol. The summed E-state index contributed by atoms with van der Waals surface area (Å²) in [5.74, 6) is 0.169. The molecule has 2 aromatic rings. The van der Waals surface area contributed by atoms with Gasteiger partial charge >= 0.3 is 6.03 Å². The van der Waals surface area contributed by atoms with Gasteiger partial charge in [-0.25, -0.2) is 4.79 Å². The Morgan fingerprint density at radius 3 is 2.72 bits per heavy atom. The lowest BCUT2D eigenvalue weighted by atomic mass is 10.1. The number of furan rings is 1. The second kappa shape index (κ2) is 6.40. The van der Waals surface area contributed by atoms with E-state index in [4.69, 9.17) is 16.0 Å². The van der Waals surface area contributed by atoms with Gasteiger partial charge in [-0.1, -0.05) is 11.6 Å². The maximum atomic E-state index is 12.0. The second-order valence-electron chi connectivity index (χ2n) is 5.16. The number of imide groups is 1. The first-order valence-corrected chi connectivity index (χ1v) is 7.67. The van der Waals surface area contributed by atoms with E-state index in [-0.39, 0.29) is 17.9 Å². The molecule has 3 amide bonds. The number of nitro benzene ring substituents is 1. The number of hydrogen-bond donors (Lipinski definition) is 1. The number of nitrogens with zero attached hydrogens (tertiary/aromatic N) is 2. The van der Waals surface area contributed by atoms with Crippen LogP contribution in [0.15, 0.2) is 40.4 Å². The number of halogens is 1. The number of nitrogens with one attached hydrogen (secondary N) is 1. The summed E-state index contributed by atoms with van der Waals surface area (Å²) >= 11 is 6.08. The fraction of sp³-hybridized carbons (Fsp3) is 0.125. The van der Waals surface area contributed by atoms with Crippen molar-refractivity contribution in [3.8, 4) is 11.3 Å². The van der Waals surface area contributed by atoms with E-state index in [0.29, 0.717) is 22.1 Å². The zero-order chi connectivity index (χ0) is 18.1. The lowest BCUT2D eigenvalue weighted by Crippen LogP contribution is -2.30. The summed E-state index contributed by atoms with van der Waals surface area (Å²) in [6.45, 7) is 1.95.